The topological polar surface area (TPSA) is 41.6 Å². The van der Waals surface area contributed by atoms with Gasteiger partial charge in [-0.2, -0.15) is 0 Å². The van der Waals surface area contributed by atoms with E-state index >= 15 is 0 Å². The summed E-state index contributed by atoms with van der Waals surface area (Å²) in [4.78, 5) is 14.3. The molecule has 0 rings (SSSR count). The van der Waals surface area contributed by atoms with E-state index in [1.807, 2.05) is 13.8 Å². The van der Waals surface area contributed by atoms with Crippen molar-refractivity contribution in [2.75, 3.05) is 20.7 Å². The Labute approximate surface area is 118 Å². The molecule has 114 valence electrons. The van der Waals surface area contributed by atoms with Crippen molar-refractivity contribution in [1.29, 1.82) is 0 Å². The lowest BCUT2D eigenvalue weighted by Gasteiger charge is -2.36. The summed E-state index contributed by atoms with van der Waals surface area (Å²) in [6, 6.07) is 0.855. The number of carbonyl (C=O) groups is 1. The van der Waals surface area contributed by atoms with E-state index in [4.69, 9.17) is 4.74 Å². The predicted octanol–water partition coefficient (Wildman–Crippen LogP) is 2.43. The van der Waals surface area contributed by atoms with Crippen LogP contribution >= 0.6 is 0 Å². The normalized spacial score (nSPS) is 17.9. The molecular weight excluding hydrogens is 240 g/mol. The van der Waals surface area contributed by atoms with Crippen LogP contribution < -0.4 is 5.32 Å². The summed E-state index contributed by atoms with van der Waals surface area (Å²) in [7, 11) is 3.58. The second kappa shape index (κ2) is 8.54. The number of nitrogens with zero attached hydrogens (tertiary/aromatic N) is 1. The number of esters is 1. The summed E-state index contributed by atoms with van der Waals surface area (Å²) >= 11 is 0. The molecule has 0 amide bonds. The largest absolute Gasteiger partial charge is 0.468 e. The highest BCUT2D eigenvalue weighted by Crippen LogP contribution is 2.19. The molecule has 0 bridgehead atoms. The van der Waals surface area contributed by atoms with Crippen LogP contribution in [0.2, 0.25) is 0 Å². The van der Waals surface area contributed by atoms with Crippen LogP contribution in [0.5, 0.6) is 0 Å². The molecular formula is C15H32N2O2. The van der Waals surface area contributed by atoms with Crippen LogP contribution in [0.3, 0.4) is 0 Å². The summed E-state index contributed by atoms with van der Waals surface area (Å²) in [5.74, 6) is -0.183. The van der Waals surface area contributed by atoms with Crippen molar-refractivity contribution in [3.8, 4) is 0 Å². The fourth-order valence-electron chi connectivity index (χ4n) is 2.63. The van der Waals surface area contributed by atoms with E-state index in [0.29, 0.717) is 12.1 Å². The fourth-order valence-corrected chi connectivity index (χ4v) is 2.63. The molecule has 19 heavy (non-hydrogen) atoms. The number of hydrogen-bond acceptors (Lipinski definition) is 4. The maximum absolute atomic E-state index is 12.0. The molecule has 1 N–H and O–H groups in total. The smallest absolute Gasteiger partial charge is 0.325 e. The van der Waals surface area contributed by atoms with Crippen LogP contribution in [0.25, 0.3) is 0 Å². The third kappa shape index (κ3) is 5.49. The molecule has 4 nitrogen and oxygen atoms in total. The molecule has 0 spiro atoms. The van der Waals surface area contributed by atoms with Gasteiger partial charge in [-0.25, -0.2) is 0 Å². The zero-order valence-electron chi connectivity index (χ0n) is 13.7. The predicted molar refractivity (Wildman–Crippen MR) is 80.3 cm³/mol. The third-order valence-corrected chi connectivity index (χ3v) is 4.00. The van der Waals surface area contributed by atoms with Crippen molar-refractivity contribution >= 4 is 5.97 Å². The lowest BCUT2D eigenvalue weighted by atomic mass is 9.92. The molecule has 4 heteroatoms. The third-order valence-electron chi connectivity index (χ3n) is 4.00. The molecule has 0 heterocycles. The minimum atomic E-state index is -0.608. The van der Waals surface area contributed by atoms with Gasteiger partial charge >= 0.3 is 5.97 Å². The van der Waals surface area contributed by atoms with Crippen molar-refractivity contribution in [2.24, 2.45) is 0 Å². The van der Waals surface area contributed by atoms with Gasteiger partial charge in [-0.1, -0.05) is 20.3 Å². The molecule has 0 aromatic carbocycles. The highest BCUT2D eigenvalue weighted by Gasteiger charge is 2.36. The first-order valence-electron chi connectivity index (χ1n) is 7.37. The minimum Gasteiger partial charge on any atom is -0.468 e. The second-order valence-corrected chi connectivity index (χ2v) is 5.71. The highest BCUT2D eigenvalue weighted by atomic mass is 16.5. The van der Waals surface area contributed by atoms with Crippen molar-refractivity contribution < 1.29 is 9.53 Å². The summed E-state index contributed by atoms with van der Waals surface area (Å²) in [6.07, 6.45) is 3.11. The van der Waals surface area contributed by atoms with Crippen molar-refractivity contribution in [2.45, 2.75) is 71.5 Å². The molecule has 0 aliphatic rings. The van der Waals surface area contributed by atoms with E-state index in [9.17, 15) is 4.79 Å². The molecule has 0 saturated heterocycles. The van der Waals surface area contributed by atoms with Crippen LogP contribution in [0.1, 0.15) is 53.9 Å². The van der Waals surface area contributed by atoms with Crippen molar-refractivity contribution in [3.63, 3.8) is 0 Å². The number of likely N-dealkylation sites (N-methyl/N-ethyl adjacent to an activating group) is 1. The maximum Gasteiger partial charge on any atom is 0.325 e. The Bertz CT molecular complexity index is 271. The number of hydrogen-bond donors (Lipinski definition) is 1. The van der Waals surface area contributed by atoms with Gasteiger partial charge in [0.05, 0.1) is 7.11 Å². The molecule has 3 unspecified atom stereocenters. The maximum atomic E-state index is 12.0. The van der Waals surface area contributed by atoms with Gasteiger partial charge in [0.15, 0.2) is 0 Å². The average molecular weight is 272 g/mol. The van der Waals surface area contributed by atoms with E-state index in [1.165, 1.54) is 20.0 Å². The van der Waals surface area contributed by atoms with Crippen LogP contribution in [-0.4, -0.2) is 49.2 Å². The molecule has 0 saturated carbocycles. The second-order valence-electron chi connectivity index (χ2n) is 5.71. The van der Waals surface area contributed by atoms with Gasteiger partial charge in [0, 0.05) is 12.1 Å². The molecule has 0 aliphatic carbocycles. The van der Waals surface area contributed by atoms with Gasteiger partial charge in [0.2, 0.25) is 0 Å². The van der Waals surface area contributed by atoms with Crippen LogP contribution in [0, 0.1) is 0 Å². The number of ether oxygens (including phenoxy) is 1. The number of carbonyl (C=O) groups excluding carboxylic acids is 1. The average Bonchev–Trinajstić information content (AvgIpc) is 2.37. The first-order valence-corrected chi connectivity index (χ1v) is 7.37. The monoisotopic (exact) mass is 272 g/mol. The van der Waals surface area contributed by atoms with Crippen LogP contribution in [-0.2, 0) is 9.53 Å². The molecule has 0 aliphatic heterocycles. The first-order chi connectivity index (χ1) is 8.82. The summed E-state index contributed by atoms with van der Waals surface area (Å²) in [5.41, 5.74) is -0.608. The van der Waals surface area contributed by atoms with E-state index < -0.39 is 5.54 Å². The zero-order valence-corrected chi connectivity index (χ0v) is 13.7. The Morgan fingerprint density at radius 1 is 1.32 bits per heavy atom. The Morgan fingerprint density at radius 2 is 1.89 bits per heavy atom. The van der Waals surface area contributed by atoms with Gasteiger partial charge in [0.25, 0.3) is 0 Å². The highest BCUT2D eigenvalue weighted by molar-refractivity contribution is 5.80. The molecule has 3 atom stereocenters. The molecule has 0 aromatic rings. The first kappa shape index (κ1) is 18.4. The standard InChI is InChI=1S/C15H32N2O2/c1-8-10-12(3)17(6)13(4)11-15(5,16-9-2)14(18)19-7/h12-13,16H,8-11H2,1-7H3. The SMILES string of the molecule is CCCC(C)N(C)C(C)CC(C)(NCC)C(=O)OC. The van der Waals surface area contributed by atoms with E-state index in [-0.39, 0.29) is 5.97 Å². The number of methoxy groups -OCH3 is 1. The van der Waals surface area contributed by atoms with Crippen LogP contribution in [0.4, 0.5) is 0 Å². The zero-order chi connectivity index (χ0) is 15.1. The Kier molecular flexibility index (Phi) is 8.26. The molecule has 0 aromatic heterocycles. The Hall–Kier alpha value is -0.610. The van der Waals surface area contributed by atoms with E-state index in [1.54, 1.807) is 0 Å². The fraction of sp³-hybridized carbons (Fsp3) is 0.933. The van der Waals surface area contributed by atoms with Crippen molar-refractivity contribution in [3.05, 3.63) is 0 Å². The lowest BCUT2D eigenvalue weighted by Crippen LogP contribution is -2.54. The van der Waals surface area contributed by atoms with Gasteiger partial charge in [0.1, 0.15) is 5.54 Å². The molecule has 0 radical (unpaired) electrons. The van der Waals surface area contributed by atoms with Crippen molar-refractivity contribution in [1.82, 2.24) is 10.2 Å². The van der Waals surface area contributed by atoms with Crippen LogP contribution in [0.15, 0.2) is 0 Å². The minimum absolute atomic E-state index is 0.183. The number of nitrogens with one attached hydrogen (secondary N) is 1. The lowest BCUT2D eigenvalue weighted by molar-refractivity contribution is -0.148. The Balaban J connectivity index is 4.71. The van der Waals surface area contributed by atoms with Gasteiger partial charge in [-0.05, 0) is 47.2 Å². The summed E-state index contributed by atoms with van der Waals surface area (Å²) < 4.78 is 4.94. The Morgan fingerprint density at radius 3 is 2.32 bits per heavy atom. The molecule has 0 fully saturated rings. The van der Waals surface area contributed by atoms with E-state index in [2.05, 4.69) is 38.0 Å². The van der Waals surface area contributed by atoms with Gasteiger partial charge < -0.3 is 15.0 Å². The quantitative estimate of drug-likeness (QED) is 0.655. The van der Waals surface area contributed by atoms with Gasteiger partial charge in [-0.3, -0.25) is 4.79 Å². The van der Waals surface area contributed by atoms with E-state index in [0.717, 1.165) is 13.0 Å². The summed E-state index contributed by atoms with van der Waals surface area (Å²) in [6.45, 7) is 11.3. The number of rotatable bonds is 9. The van der Waals surface area contributed by atoms with Gasteiger partial charge in [-0.15, -0.1) is 0 Å². The summed E-state index contributed by atoms with van der Waals surface area (Å²) in [5, 5.41) is 3.27.